The van der Waals surface area contributed by atoms with Gasteiger partial charge in [0, 0.05) is 30.8 Å². The van der Waals surface area contributed by atoms with Gasteiger partial charge in [-0.3, -0.25) is 0 Å². The van der Waals surface area contributed by atoms with Gasteiger partial charge in [0.1, 0.15) is 0 Å². The van der Waals surface area contributed by atoms with Gasteiger partial charge in [-0.2, -0.15) is 0 Å². The van der Waals surface area contributed by atoms with Gasteiger partial charge in [0.2, 0.25) is 5.79 Å². The minimum absolute atomic E-state index is 0.355. The topological polar surface area (TPSA) is 71.1 Å². The molecule has 0 radical (unpaired) electrons. The normalized spacial score (nSPS) is 25.3. The van der Waals surface area contributed by atoms with Crippen LogP contribution < -0.4 is 0 Å². The van der Waals surface area contributed by atoms with E-state index in [2.05, 4.69) is 6.58 Å². The zero-order valence-corrected chi connectivity index (χ0v) is 16.2. The van der Waals surface area contributed by atoms with Crippen molar-refractivity contribution in [2.45, 2.75) is 52.1 Å². The van der Waals surface area contributed by atoms with Crippen molar-refractivity contribution < 1.29 is 28.5 Å². The molecule has 6 heteroatoms. The molecular weight excluding hydrogens is 348 g/mol. The van der Waals surface area contributed by atoms with Crippen molar-refractivity contribution in [3.63, 3.8) is 0 Å². The second kappa shape index (κ2) is 8.86. The molecule has 2 unspecified atom stereocenters. The van der Waals surface area contributed by atoms with Crippen molar-refractivity contribution in [3.05, 3.63) is 59.4 Å². The van der Waals surface area contributed by atoms with Crippen molar-refractivity contribution in [1.82, 2.24) is 0 Å². The first-order valence-corrected chi connectivity index (χ1v) is 8.77. The number of hydrogen-bond donors (Lipinski definition) is 0. The quantitative estimate of drug-likeness (QED) is 0.365. The van der Waals surface area contributed by atoms with Gasteiger partial charge >= 0.3 is 11.9 Å². The Morgan fingerprint density at radius 2 is 2.11 bits per heavy atom. The summed E-state index contributed by atoms with van der Waals surface area (Å²) < 4.78 is 21.0. The average molecular weight is 374 g/mol. The molecule has 0 amide bonds. The van der Waals surface area contributed by atoms with Gasteiger partial charge in [0.05, 0.1) is 6.26 Å². The molecule has 0 saturated heterocycles. The molecule has 0 aromatic carbocycles. The summed E-state index contributed by atoms with van der Waals surface area (Å²) in [6.07, 6.45) is 9.50. The molecule has 0 saturated carbocycles. The van der Waals surface area contributed by atoms with Gasteiger partial charge < -0.3 is 18.9 Å². The van der Waals surface area contributed by atoms with E-state index in [1.54, 1.807) is 19.1 Å². The Labute approximate surface area is 159 Å². The fourth-order valence-corrected chi connectivity index (χ4v) is 2.80. The van der Waals surface area contributed by atoms with Crippen LogP contribution in [0.15, 0.2) is 59.4 Å². The highest BCUT2D eigenvalue weighted by atomic mass is 16.7. The summed E-state index contributed by atoms with van der Waals surface area (Å²) in [6.45, 7) is 9.27. The van der Waals surface area contributed by atoms with E-state index in [1.165, 1.54) is 19.4 Å². The standard InChI is InChI=1S/C21H26O6/c1-14(11-18(22)26-20-16(3)9-10-25-20)7-6-8-15(2)12-21(24-5)13-17(4)19(23)27-21/h8-11,13,20H,3,6-7,12H2,1-2,4-5H3. The van der Waals surface area contributed by atoms with Crippen LogP contribution in [0.25, 0.3) is 0 Å². The highest BCUT2D eigenvalue weighted by molar-refractivity contribution is 5.90. The van der Waals surface area contributed by atoms with Gasteiger partial charge in [-0.15, -0.1) is 0 Å². The highest BCUT2D eigenvalue weighted by Gasteiger charge is 2.38. The molecule has 0 spiro atoms. The van der Waals surface area contributed by atoms with Gasteiger partial charge in [-0.1, -0.05) is 23.8 Å². The van der Waals surface area contributed by atoms with Crippen LogP contribution in [0.5, 0.6) is 0 Å². The summed E-state index contributed by atoms with van der Waals surface area (Å²) in [6, 6.07) is 0. The largest absolute Gasteiger partial charge is 0.458 e. The van der Waals surface area contributed by atoms with E-state index < -0.39 is 18.0 Å². The molecule has 6 nitrogen and oxygen atoms in total. The Bertz CT molecular complexity index is 740. The third kappa shape index (κ3) is 5.69. The van der Waals surface area contributed by atoms with Crippen LogP contribution in [0.3, 0.4) is 0 Å². The van der Waals surface area contributed by atoms with Crippen molar-refractivity contribution >= 4 is 11.9 Å². The van der Waals surface area contributed by atoms with Gasteiger partial charge in [-0.05, 0) is 45.8 Å². The molecule has 0 aliphatic carbocycles. The van der Waals surface area contributed by atoms with Crippen molar-refractivity contribution in [3.8, 4) is 0 Å². The molecule has 0 bridgehead atoms. The molecule has 0 aromatic rings. The Kier molecular flexibility index (Phi) is 6.80. The fraction of sp³-hybridized carbons (Fsp3) is 0.429. The first-order chi connectivity index (χ1) is 12.7. The summed E-state index contributed by atoms with van der Waals surface area (Å²) in [5, 5.41) is 0. The molecule has 0 fully saturated rings. The second-order valence-electron chi connectivity index (χ2n) is 6.77. The molecule has 0 N–H and O–H groups in total. The van der Waals surface area contributed by atoms with Gasteiger partial charge in [-0.25, -0.2) is 9.59 Å². The molecule has 2 aliphatic heterocycles. The number of carbonyl (C=O) groups excluding carboxylic acids is 2. The minimum atomic E-state index is -1.02. The number of methoxy groups -OCH3 is 1. The molecule has 2 heterocycles. The number of allylic oxidation sites excluding steroid dienone is 2. The van der Waals surface area contributed by atoms with Gasteiger partial charge in [0.25, 0.3) is 6.29 Å². The predicted molar refractivity (Wildman–Crippen MR) is 100 cm³/mol. The number of carbonyl (C=O) groups is 2. The SMILES string of the molecule is C=C1C=COC1OC(=O)C=C(C)CCC=C(C)CC1(OC)C=C(C)C(=O)O1. The lowest BCUT2D eigenvalue weighted by Crippen LogP contribution is -2.30. The lowest BCUT2D eigenvalue weighted by atomic mass is 10.0. The number of ether oxygens (including phenoxy) is 4. The summed E-state index contributed by atoms with van der Waals surface area (Å²) in [5.74, 6) is -1.83. The maximum Gasteiger partial charge on any atom is 0.336 e. The monoisotopic (exact) mass is 374 g/mol. The van der Waals surface area contributed by atoms with Crippen LogP contribution in [-0.2, 0) is 28.5 Å². The van der Waals surface area contributed by atoms with Crippen molar-refractivity contribution in [1.29, 1.82) is 0 Å². The van der Waals surface area contributed by atoms with Gasteiger partial charge in [0.15, 0.2) is 0 Å². The van der Waals surface area contributed by atoms with E-state index in [0.717, 1.165) is 17.6 Å². The smallest absolute Gasteiger partial charge is 0.336 e. The van der Waals surface area contributed by atoms with E-state index in [4.69, 9.17) is 18.9 Å². The number of cyclic esters (lactones) is 1. The van der Waals surface area contributed by atoms with Crippen LogP contribution in [-0.4, -0.2) is 31.1 Å². The fourth-order valence-electron chi connectivity index (χ4n) is 2.80. The van der Waals surface area contributed by atoms with E-state index >= 15 is 0 Å². The minimum Gasteiger partial charge on any atom is -0.458 e. The average Bonchev–Trinajstić information content (AvgIpc) is 3.11. The lowest BCUT2D eigenvalue weighted by molar-refractivity contribution is -0.188. The maximum atomic E-state index is 11.9. The third-order valence-corrected chi connectivity index (χ3v) is 4.30. The molecule has 2 rings (SSSR count). The maximum absolute atomic E-state index is 11.9. The summed E-state index contributed by atoms with van der Waals surface area (Å²) >= 11 is 0. The van der Waals surface area contributed by atoms with E-state index in [0.29, 0.717) is 24.0 Å². The molecule has 27 heavy (non-hydrogen) atoms. The summed E-state index contributed by atoms with van der Waals surface area (Å²) in [7, 11) is 1.52. The van der Waals surface area contributed by atoms with E-state index in [1.807, 2.05) is 19.9 Å². The highest BCUT2D eigenvalue weighted by Crippen LogP contribution is 2.31. The summed E-state index contributed by atoms with van der Waals surface area (Å²) in [4.78, 5) is 23.5. The Hall–Kier alpha value is -2.60. The Balaban J connectivity index is 1.82. The first-order valence-electron chi connectivity index (χ1n) is 8.77. The first kappa shape index (κ1) is 20.7. The molecule has 0 aromatic heterocycles. The molecule has 146 valence electrons. The van der Waals surface area contributed by atoms with Crippen LogP contribution in [0.1, 0.15) is 40.0 Å². The molecular formula is C21H26O6. The zero-order chi connectivity index (χ0) is 20.0. The molecule has 2 atom stereocenters. The second-order valence-corrected chi connectivity index (χ2v) is 6.77. The van der Waals surface area contributed by atoms with E-state index in [9.17, 15) is 9.59 Å². The van der Waals surface area contributed by atoms with Crippen LogP contribution in [0.4, 0.5) is 0 Å². The Morgan fingerprint density at radius 3 is 2.67 bits per heavy atom. The van der Waals surface area contributed by atoms with Crippen molar-refractivity contribution in [2.24, 2.45) is 0 Å². The molecule has 2 aliphatic rings. The van der Waals surface area contributed by atoms with Crippen LogP contribution in [0.2, 0.25) is 0 Å². The number of rotatable bonds is 8. The predicted octanol–water partition coefficient (Wildman–Crippen LogP) is 3.86. The van der Waals surface area contributed by atoms with Crippen LogP contribution in [0, 0.1) is 0 Å². The number of hydrogen-bond acceptors (Lipinski definition) is 6. The summed E-state index contributed by atoms with van der Waals surface area (Å²) in [5.41, 5.74) is 3.08. The van der Waals surface area contributed by atoms with E-state index in [-0.39, 0.29) is 5.97 Å². The lowest BCUT2D eigenvalue weighted by Gasteiger charge is -2.24. The third-order valence-electron chi connectivity index (χ3n) is 4.30. The zero-order valence-electron chi connectivity index (χ0n) is 16.2. The van der Waals surface area contributed by atoms with Crippen LogP contribution >= 0.6 is 0 Å². The number of esters is 2. The van der Waals surface area contributed by atoms with Crippen molar-refractivity contribution in [2.75, 3.05) is 7.11 Å². The Morgan fingerprint density at radius 1 is 1.37 bits per heavy atom.